The van der Waals surface area contributed by atoms with Crippen LogP contribution in [0.25, 0.3) is 22.3 Å². The molecule has 0 atom stereocenters. The van der Waals surface area contributed by atoms with Crippen LogP contribution in [0.5, 0.6) is 0 Å². The second-order valence-corrected chi connectivity index (χ2v) is 7.70. The van der Waals surface area contributed by atoms with Crippen LogP contribution in [0.1, 0.15) is 16.5 Å². The first-order chi connectivity index (χ1) is 20.6. The first-order valence-electron chi connectivity index (χ1n) is 14.8. The Kier molecular flexibility index (Phi) is 4.48. The lowest BCUT2D eigenvalue weighted by molar-refractivity contribution is -0.115. The van der Waals surface area contributed by atoms with Gasteiger partial charge in [-0.15, -0.1) is 0 Å². The average molecular weight is 491 g/mol. The number of nitrogens with one attached hydrogen (secondary N) is 3. The molecule has 1 aliphatic heterocycles. The number of benzene rings is 2. The molecular formula is C27H26N6O3. The highest BCUT2D eigenvalue weighted by Crippen LogP contribution is 2.29. The summed E-state index contributed by atoms with van der Waals surface area (Å²) in [6.07, 6.45) is 2.29. The largest absolute Gasteiger partial charge is 0.378 e. The zero-order valence-corrected chi connectivity index (χ0v) is 18.8. The van der Waals surface area contributed by atoms with E-state index in [4.69, 9.17) is 11.0 Å². The van der Waals surface area contributed by atoms with E-state index in [-0.39, 0.29) is 35.1 Å². The van der Waals surface area contributed by atoms with Gasteiger partial charge in [-0.25, -0.2) is 9.97 Å². The van der Waals surface area contributed by atoms with E-state index in [1.807, 2.05) is 0 Å². The summed E-state index contributed by atoms with van der Waals surface area (Å²) in [6.45, 7) is -9.39. The van der Waals surface area contributed by atoms with Gasteiger partial charge in [0.05, 0.1) is 35.9 Å². The molecule has 1 saturated heterocycles. The number of fused-ring (bicyclic) bond motifs is 1. The van der Waals surface area contributed by atoms with E-state index >= 15 is 0 Å². The fourth-order valence-electron chi connectivity index (χ4n) is 3.58. The van der Waals surface area contributed by atoms with E-state index in [1.165, 1.54) is 6.07 Å². The topological polar surface area (TPSA) is 112 Å². The van der Waals surface area contributed by atoms with Gasteiger partial charge < -0.3 is 25.3 Å². The third-order valence-electron chi connectivity index (χ3n) is 5.28. The minimum absolute atomic E-state index is 0.0965. The Bertz CT molecular complexity index is 1720. The second kappa shape index (κ2) is 10.4. The van der Waals surface area contributed by atoms with Crippen LogP contribution in [0.2, 0.25) is 0 Å². The van der Waals surface area contributed by atoms with Gasteiger partial charge in [-0.3, -0.25) is 9.59 Å². The number of rotatable bonds is 7. The standard InChI is InChI=1S/C27H26N6O3/c1-2-24(34)30-20-7-3-18(4-8-20)15-25(35)31-21-9-5-19(6-10-21)23-16-22-26(32-23)28-17-29-27(22)33-11-13-36-14-12-33/h2-10,16-17H,1,11-15H2,(H,30,34)(H,31,35)(H,28,29,32)/i11D2,12D2,13D2,14D2. The number of H-pyrrole nitrogens is 1. The van der Waals surface area contributed by atoms with Crippen molar-refractivity contribution in [1.82, 2.24) is 15.0 Å². The summed E-state index contributed by atoms with van der Waals surface area (Å²) in [5, 5.41) is 5.57. The molecule has 5 rings (SSSR count). The average Bonchev–Trinajstić information content (AvgIpc) is 3.38. The molecule has 9 heteroatoms. The zero-order valence-electron chi connectivity index (χ0n) is 26.8. The lowest BCUT2D eigenvalue weighted by atomic mass is 10.1. The number of hydrogen-bond donors (Lipinski definition) is 3. The van der Waals surface area contributed by atoms with Crippen molar-refractivity contribution in [2.45, 2.75) is 6.42 Å². The molecule has 0 saturated carbocycles. The van der Waals surface area contributed by atoms with Crippen LogP contribution < -0.4 is 15.5 Å². The number of nitrogens with zero attached hydrogens (tertiary/aromatic N) is 3. The van der Waals surface area contributed by atoms with Crippen molar-refractivity contribution in [2.24, 2.45) is 0 Å². The Hall–Kier alpha value is -4.50. The van der Waals surface area contributed by atoms with Crippen molar-refractivity contribution in [3.8, 4) is 11.3 Å². The van der Waals surface area contributed by atoms with Gasteiger partial charge in [-0.1, -0.05) is 30.8 Å². The Morgan fingerprint density at radius 2 is 1.75 bits per heavy atom. The van der Waals surface area contributed by atoms with E-state index in [0.717, 1.165) is 18.0 Å². The molecule has 0 bridgehead atoms. The molecule has 2 aromatic heterocycles. The van der Waals surface area contributed by atoms with Crippen molar-refractivity contribution in [3.63, 3.8) is 0 Å². The van der Waals surface area contributed by atoms with Gasteiger partial charge in [0.1, 0.15) is 17.8 Å². The summed E-state index contributed by atoms with van der Waals surface area (Å²) in [7, 11) is 0. The smallest absolute Gasteiger partial charge is 0.247 e. The number of aromatic nitrogens is 3. The van der Waals surface area contributed by atoms with Crippen LogP contribution in [0.4, 0.5) is 17.2 Å². The van der Waals surface area contributed by atoms with Crippen LogP contribution in [0.3, 0.4) is 0 Å². The van der Waals surface area contributed by atoms with Gasteiger partial charge >= 0.3 is 0 Å². The summed E-state index contributed by atoms with van der Waals surface area (Å²) < 4.78 is 69.9. The first kappa shape index (κ1) is 15.5. The predicted molar refractivity (Wildman–Crippen MR) is 140 cm³/mol. The second-order valence-electron chi connectivity index (χ2n) is 7.70. The summed E-state index contributed by atoms with van der Waals surface area (Å²) in [4.78, 5) is 35.5. The SMILES string of the molecule is [2H]C1([2H])OC([2H])([2H])C([2H])([2H])N(c2ncnc3[nH]c(-c4ccc(NC(=O)Cc5ccc(NC(=O)C=C)cc5)cc4)cc23)C1([2H])[2H]. The van der Waals surface area contributed by atoms with Crippen LogP contribution in [-0.4, -0.2) is 52.9 Å². The number of carbonyl (C=O) groups is 2. The summed E-state index contributed by atoms with van der Waals surface area (Å²) in [5.74, 6) is -0.973. The minimum Gasteiger partial charge on any atom is -0.378 e. The Morgan fingerprint density at radius 3 is 2.47 bits per heavy atom. The van der Waals surface area contributed by atoms with Gasteiger partial charge in [0.25, 0.3) is 0 Å². The highest BCUT2D eigenvalue weighted by Gasteiger charge is 2.17. The monoisotopic (exact) mass is 490 g/mol. The highest BCUT2D eigenvalue weighted by molar-refractivity contribution is 5.99. The fourth-order valence-corrected chi connectivity index (χ4v) is 3.58. The number of amides is 2. The van der Waals surface area contributed by atoms with Gasteiger partial charge in [0.2, 0.25) is 11.8 Å². The molecule has 182 valence electrons. The zero-order chi connectivity index (χ0) is 32.1. The van der Waals surface area contributed by atoms with Gasteiger partial charge in [0.15, 0.2) is 0 Å². The van der Waals surface area contributed by atoms with Crippen molar-refractivity contribution in [3.05, 3.63) is 79.1 Å². The molecule has 0 unspecified atom stereocenters. The third kappa shape index (κ3) is 5.26. The minimum atomic E-state index is -3.23. The van der Waals surface area contributed by atoms with E-state index in [9.17, 15) is 9.59 Å². The lowest BCUT2D eigenvalue weighted by Crippen LogP contribution is -2.36. The number of aromatic amines is 1. The summed E-state index contributed by atoms with van der Waals surface area (Å²) in [6, 6.07) is 15.1. The molecule has 36 heavy (non-hydrogen) atoms. The highest BCUT2D eigenvalue weighted by atomic mass is 16.5. The van der Waals surface area contributed by atoms with Crippen LogP contribution >= 0.6 is 0 Å². The molecule has 2 aromatic carbocycles. The van der Waals surface area contributed by atoms with E-state index in [1.54, 1.807) is 48.5 Å². The molecule has 3 N–H and O–H groups in total. The molecule has 1 fully saturated rings. The van der Waals surface area contributed by atoms with Crippen molar-refractivity contribution >= 4 is 40.0 Å². The normalized spacial score (nSPS) is 22.3. The van der Waals surface area contributed by atoms with Gasteiger partial charge in [0, 0.05) is 30.1 Å². The number of morpholine rings is 1. The van der Waals surface area contributed by atoms with Gasteiger partial charge in [-0.2, -0.15) is 0 Å². The predicted octanol–water partition coefficient (Wildman–Crippen LogP) is 3.77. The molecule has 2 amide bonds. The van der Waals surface area contributed by atoms with Crippen LogP contribution in [0.15, 0.2) is 73.6 Å². The van der Waals surface area contributed by atoms with Crippen LogP contribution in [-0.2, 0) is 20.7 Å². The Morgan fingerprint density at radius 1 is 1.06 bits per heavy atom. The Balaban J connectivity index is 1.36. The first-order valence-corrected chi connectivity index (χ1v) is 10.8. The van der Waals surface area contributed by atoms with E-state index < -0.39 is 26.1 Å². The molecular weight excluding hydrogens is 456 g/mol. The maximum absolute atomic E-state index is 12.6. The number of anilines is 3. The quantitative estimate of drug-likeness (QED) is 0.340. The fraction of sp³-hybridized carbons (Fsp3) is 0.185. The summed E-state index contributed by atoms with van der Waals surface area (Å²) >= 11 is 0. The maximum Gasteiger partial charge on any atom is 0.247 e. The molecule has 4 aromatic rings. The number of carbonyl (C=O) groups excluding carboxylic acids is 2. The Labute approximate surface area is 219 Å². The van der Waals surface area contributed by atoms with Crippen molar-refractivity contribution < 1.29 is 25.3 Å². The van der Waals surface area contributed by atoms with E-state index in [2.05, 4.69) is 36.9 Å². The molecule has 9 nitrogen and oxygen atoms in total. The number of hydrogen-bond acceptors (Lipinski definition) is 6. The van der Waals surface area contributed by atoms with Crippen LogP contribution in [0, 0.1) is 0 Å². The number of ether oxygens (including phenoxy) is 1. The molecule has 0 aliphatic carbocycles. The molecule has 0 spiro atoms. The van der Waals surface area contributed by atoms with Gasteiger partial charge in [-0.05, 0) is 47.5 Å². The molecule has 1 aliphatic rings. The third-order valence-corrected chi connectivity index (χ3v) is 5.28. The summed E-state index contributed by atoms with van der Waals surface area (Å²) in [5.41, 5.74) is 3.11. The van der Waals surface area contributed by atoms with Crippen molar-refractivity contribution in [1.29, 1.82) is 0 Å². The van der Waals surface area contributed by atoms with Crippen molar-refractivity contribution in [2.75, 3.05) is 41.6 Å². The maximum atomic E-state index is 12.6. The molecule has 3 heterocycles. The van der Waals surface area contributed by atoms with E-state index in [0.29, 0.717) is 27.5 Å². The lowest BCUT2D eigenvalue weighted by Gasteiger charge is -2.27. The molecule has 0 radical (unpaired) electrons.